The van der Waals surface area contributed by atoms with E-state index in [1.165, 1.54) is 12.1 Å². The SMILES string of the molecule is [N-]=[N+]=c1c(=O)c2ccc(OCc3ccc(Cl)cc3)cc2c1=O. The summed E-state index contributed by atoms with van der Waals surface area (Å²) >= 11 is 5.81. The second kappa shape index (κ2) is 5.56. The van der Waals surface area contributed by atoms with Crippen molar-refractivity contribution in [2.24, 2.45) is 0 Å². The maximum Gasteiger partial charge on any atom is 0.410 e. The molecule has 0 aliphatic heterocycles. The van der Waals surface area contributed by atoms with Crippen LogP contribution in [0.1, 0.15) is 5.56 Å². The third-order valence-electron chi connectivity index (χ3n) is 3.33. The van der Waals surface area contributed by atoms with Gasteiger partial charge < -0.3 is 10.3 Å². The Balaban J connectivity index is 1.94. The lowest BCUT2D eigenvalue weighted by Gasteiger charge is -2.06. The number of nitrogens with zero attached hydrogens (tertiary/aromatic N) is 2. The topological polar surface area (TPSA) is 79.8 Å². The maximum atomic E-state index is 11.9. The maximum absolute atomic E-state index is 11.9. The van der Waals surface area contributed by atoms with Gasteiger partial charge in [0.15, 0.2) is 0 Å². The molecule has 0 atom stereocenters. The van der Waals surface area contributed by atoms with Crippen molar-refractivity contribution in [2.45, 2.75) is 6.61 Å². The van der Waals surface area contributed by atoms with E-state index in [4.69, 9.17) is 21.9 Å². The molecule has 0 saturated heterocycles. The molecule has 0 aliphatic carbocycles. The Labute approximate surface area is 129 Å². The number of fused-ring (bicyclic) bond motifs is 1. The number of halogens is 1. The largest absolute Gasteiger partial charge is 0.489 e. The third-order valence-corrected chi connectivity index (χ3v) is 3.58. The minimum atomic E-state index is -0.598. The van der Waals surface area contributed by atoms with E-state index in [1.807, 2.05) is 12.1 Å². The van der Waals surface area contributed by atoms with Crippen molar-refractivity contribution in [3.05, 3.63) is 84.4 Å². The van der Waals surface area contributed by atoms with Gasteiger partial charge in [-0.05, 0) is 35.9 Å². The Morgan fingerprint density at radius 2 is 1.68 bits per heavy atom. The highest BCUT2D eigenvalue weighted by Gasteiger charge is 2.16. The first-order valence-electron chi connectivity index (χ1n) is 6.43. The van der Waals surface area contributed by atoms with Crippen LogP contribution in [0.25, 0.3) is 16.3 Å². The van der Waals surface area contributed by atoms with Crippen LogP contribution < -0.4 is 21.0 Å². The molecular weight excluding hydrogens is 304 g/mol. The van der Waals surface area contributed by atoms with Gasteiger partial charge in [0.2, 0.25) is 0 Å². The minimum Gasteiger partial charge on any atom is -0.489 e. The zero-order valence-electron chi connectivity index (χ0n) is 11.2. The normalized spacial score (nSPS) is 10.6. The van der Waals surface area contributed by atoms with Crippen molar-refractivity contribution in [2.75, 3.05) is 0 Å². The average molecular weight is 313 g/mol. The van der Waals surface area contributed by atoms with Crippen LogP contribution >= 0.6 is 11.6 Å². The van der Waals surface area contributed by atoms with E-state index in [9.17, 15) is 9.59 Å². The van der Waals surface area contributed by atoms with Gasteiger partial charge in [0.25, 0.3) is 10.9 Å². The van der Waals surface area contributed by atoms with Crippen LogP contribution in [0, 0.1) is 0 Å². The molecule has 0 N–H and O–H groups in total. The summed E-state index contributed by atoms with van der Waals surface area (Å²) in [4.78, 5) is 26.5. The predicted octanol–water partition coefficient (Wildman–Crippen LogP) is 1.80. The fourth-order valence-corrected chi connectivity index (χ4v) is 2.32. The quantitative estimate of drug-likeness (QED) is 0.546. The summed E-state index contributed by atoms with van der Waals surface area (Å²) in [5, 5.41) is 0.578. The van der Waals surface area contributed by atoms with Gasteiger partial charge in [-0.3, -0.25) is 9.59 Å². The number of hydrogen-bond acceptors (Lipinski definition) is 3. The second-order valence-electron chi connectivity index (χ2n) is 4.73. The van der Waals surface area contributed by atoms with Crippen LogP contribution in [0.3, 0.4) is 0 Å². The van der Waals surface area contributed by atoms with Gasteiger partial charge in [-0.15, -0.1) is 0 Å². The molecule has 22 heavy (non-hydrogen) atoms. The molecule has 0 aromatic heterocycles. The van der Waals surface area contributed by atoms with Crippen molar-refractivity contribution in [1.29, 1.82) is 0 Å². The Kier molecular flexibility index (Phi) is 3.59. The molecule has 0 fully saturated rings. The summed E-state index contributed by atoms with van der Waals surface area (Å²) in [7, 11) is 0. The molecule has 0 radical (unpaired) electrons. The van der Waals surface area contributed by atoms with E-state index in [-0.39, 0.29) is 10.8 Å². The van der Waals surface area contributed by atoms with Gasteiger partial charge >= 0.3 is 5.36 Å². The summed E-state index contributed by atoms with van der Waals surface area (Å²) < 4.78 is 5.60. The third kappa shape index (κ3) is 2.44. The monoisotopic (exact) mass is 312 g/mol. The van der Waals surface area contributed by atoms with Crippen LogP contribution in [-0.2, 0) is 6.61 Å². The van der Waals surface area contributed by atoms with Gasteiger partial charge in [0, 0.05) is 15.8 Å². The molecule has 5 nitrogen and oxygen atoms in total. The van der Waals surface area contributed by atoms with Crippen LogP contribution in [0.5, 0.6) is 5.75 Å². The van der Waals surface area contributed by atoms with Gasteiger partial charge in [-0.2, -0.15) is 4.79 Å². The zero-order valence-corrected chi connectivity index (χ0v) is 12.0. The number of hydrogen-bond donors (Lipinski definition) is 0. The molecule has 0 heterocycles. The van der Waals surface area contributed by atoms with E-state index in [2.05, 4.69) is 4.79 Å². The van der Waals surface area contributed by atoms with E-state index in [0.29, 0.717) is 17.4 Å². The fraction of sp³-hybridized carbons (Fsp3) is 0.0625. The second-order valence-corrected chi connectivity index (χ2v) is 5.17. The molecule has 0 saturated carbocycles. The minimum absolute atomic E-state index is 0.186. The molecule has 0 bridgehead atoms. The molecule has 0 spiro atoms. The predicted molar refractivity (Wildman–Crippen MR) is 81.4 cm³/mol. The molecule has 0 unspecified atom stereocenters. The Morgan fingerprint density at radius 3 is 2.36 bits per heavy atom. The first kappa shape index (κ1) is 14.2. The van der Waals surface area contributed by atoms with E-state index in [0.717, 1.165) is 5.56 Å². The van der Waals surface area contributed by atoms with Gasteiger partial charge in [-0.1, -0.05) is 23.7 Å². The first-order chi connectivity index (χ1) is 10.6. The van der Waals surface area contributed by atoms with Crippen molar-refractivity contribution < 1.29 is 9.53 Å². The number of ether oxygens (including phenoxy) is 1. The van der Waals surface area contributed by atoms with Crippen LogP contribution in [0.4, 0.5) is 0 Å². The summed E-state index contributed by atoms with van der Waals surface area (Å²) in [6, 6.07) is 11.8. The van der Waals surface area contributed by atoms with E-state index >= 15 is 0 Å². The van der Waals surface area contributed by atoms with Crippen molar-refractivity contribution in [3.63, 3.8) is 0 Å². The number of benzene rings is 2. The van der Waals surface area contributed by atoms with Gasteiger partial charge in [-0.25, -0.2) is 0 Å². The Morgan fingerprint density at radius 1 is 1.00 bits per heavy atom. The van der Waals surface area contributed by atoms with Crippen LogP contribution in [0.2, 0.25) is 5.02 Å². The Hall–Kier alpha value is -2.75. The molecule has 0 amide bonds. The molecular formula is C16H9ClN2O3. The smallest absolute Gasteiger partial charge is 0.410 e. The molecule has 3 aromatic rings. The van der Waals surface area contributed by atoms with E-state index in [1.54, 1.807) is 18.2 Å². The first-order valence-corrected chi connectivity index (χ1v) is 6.80. The average Bonchev–Trinajstić information content (AvgIpc) is 2.77. The molecule has 108 valence electrons. The standard InChI is InChI=1S/C16H9ClN2O3/c17-10-3-1-9(2-4-10)8-22-11-5-6-12-13(7-11)16(21)14(19-18)15(12)20/h1-7H,8H2. The zero-order chi connectivity index (χ0) is 15.7. The lowest BCUT2D eigenvalue weighted by Crippen LogP contribution is -2.32. The highest BCUT2D eigenvalue weighted by Crippen LogP contribution is 2.18. The molecule has 3 rings (SSSR count). The lowest BCUT2D eigenvalue weighted by molar-refractivity contribution is -0.0674. The Bertz CT molecular complexity index is 1030. The van der Waals surface area contributed by atoms with Crippen molar-refractivity contribution in [1.82, 2.24) is 0 Å². The number of rotatable bonds is 3. The van der Waals surface area contributed by atoms with Crippen molar-refractivity contribution >= 4 is 22.4 Å². The fourth-order valence-electron chi connectivity index (χ4n) is 2.20. The van der Waals surface area contributed by atoms with Gasteiger partial charge in [0.1, 0.15) is 12.4 Å². The summed E-state index contributed by atoms with van der Waals surface area (Å²) in [6.07, 6.45) is 0. The lowest BCUT2D eigenvalue weighted by atomic mass is 10.2. The highest BCUT2D eigenvalue weighted by atomic mass is 35.5. The summed E-state index contributed by atoms with van der Waals surface area (Å²) in [5.41, 5.74) is 8.47. The van der Waals surface area contributed by atoms with E-state index < -0.39 is 16.2 Å². The summed E-state index contributed by atoms with van der Waals surface area (Å²) in [5.74, 6) is 0.453. The van der Waals surface area contributed by atoms with Crippen LogP contribution in [-0.4, -0.2) is 4.79 Å². The van der Waals surface area contributed by atoms with Gasteiger partial charge in [0.05, 0.1) is 0 Å². The summed E-state index contributed by atoms with van der Waals surface area (Å²) in [6.45, 7) is 0.305. The van der Waals surface area contributed by atoms with Crippen molar-refractivity contribution in [3.8, 4) is 5.75 Å². The highest BCUT2D eigenvalue weighted by molar-refractivity contribution is 6.30. The molecule has 0 aliphatic rings. The van der Waals surface area contributed by atoms with Crippen LogP contribution in [0.15, 0.2) is 52.1 Å². The molecule has 6 heteroatoms. The molecule has 3 aromatic carbocycles.